The van der Waals surface area contributed by atoms with Gasteiger partial charge in [0.2, 0.25) is 0 Å². The molecule has 1 heterocycles. The first-order valence-electron chi connectivity index (χ1n) is 7.61. The van der Waals surface area contributed by atoms with E-state index in [1.165, 1.54) is 18.2 Å². The molecule has 1 aromatic carbocycles. The van der Waals surface area contributed by atoms with Crippen LogP contribution in [0.15, 0.2) is 35.9 Å². The molecule has 0 N–H and O–H groups in total. The molecule has 0 fully saturated rings. The highest BCUT2D eigenvalue weighted by molar-refractivity contribution is 5.98. The van der Waals surface area contributed by atoms with E-state index in [1.54, 1.807) is 19.1 Å². The molecule has 0 spiro atoms. The first-order valence-corrected chi connectivity index (χ1v) is 7.61. The molecule has 0 aliphatic heterocycles. The largest absolute Gasteiger partial charge is 0.462 e. The van der Waals surface area contributed by atoms with Crippen molar-refractivity contribution in [2.75, 3.05) is 6.61 Å². The quantitative estimate of drug-likeness (QED) is 0.273. The summed E-state index contributed by atoms with van der Waals surface area (Å²) in [5, 5.41) is 20.1. The standard InChI is InChI=1S/C18H17N3O4/c1-4-25-18(22)15(11-19)9-14-8-12(2)20(13(14)3)16-6-5-7-17(10-16)21(23)24/h5-10H,4H2,1-3H3/b15-9+. The number of nitrogens with zero attached hydrogens (tertiary/aromatic N) is 3. The van der Waals surface area contributed by atoms with Gasteiger partial charge in [-0.2, -0.15) is 5.26 Å². The van der Waals surface area contributed by atoms with Crippen LogP contribution in [0.5, 0.6) is 0 Å². The number of aromatic nitrogens is 1. The van der Waals surface area contributed by atoms with E-state index in [0.29, 0.717) is 11.3 Å². The smallest absolute Gasteiger partial charge is 0.348 e. The van der Waals surface area contributed by atoms with Crippen molar-refractivity contribution < 1.29 is 14.5 Å². The van der Waals surface area contributed by atoms with Crippen molar-refractivity contribution in [2.45, 2.75) is 20.8 Å². The van der Waals surface area contributed by atoms with E-state index in [4.69, 9.17) is 10.00 Å². The summed E-state index contributed by atoms with van der Waals surface area (Å²) in [4.78, 5) is 22.3. The lowest BCUT2D eigenvalue weighted by molar-refractivity contribution is -0.384. The highest BCUT2D eigenvalue weighted by Crippen LogP contribution is 2.25. The fraction of sp³-hybridized carbons (Fsp3) is 0.222. The molecule has 0 radical (unpaired) electrons. The van der Waals surface area contributed by atoms with E-state index in [-0.39, 0.29) is 17.9 Å². The third-order valence-electron chi connectivity index (χ3n) is 3.68. The molecule has 0 saturated carbocycles. The number of rotatable bonds is 5. The van der Waals surface area contributed by atoms with Crippen LogP contribution in [0.1, 0.15) is 23.9 Å². The SMILES string of the molecule is CCOC(=O)/C(C#N)=C/c1cc(C)n(-c2cccc([N+](=O)[O-])c2)c1C. The van der Waals surface area contributed by atoms with E-state index in [0.717, 1.165) is 11.4 Å². The van der Waals surface area contributed by atoms with Crippen LogP contribution in [0.25, 0.3) is 11.8 Å². The van der Waals surface area contributed by atoms with Crippen molar-refractivity contribution in [2.24, 2.45) is 0 Å². The number of nitriles is 1. The molecule has 0 aliphatic carbocycles. The predicted molar refractivity (Wildman–Crippen MR) is 92.1 cm³/mol. The number of carbonyl (C=O) groups excluding carboxylic acids is 1. The number of nitro benzene ring substituents is 1. The van der Waals surface area contributed by atoms with E-state index in [1.807, 2.05) is 30.6 Å². The van der Waals surface area contributed by atoms with Gasteiger partial charge in [-0.1, -0.05) is 6.07 Å². The van der Waals surface area contributed by atoms with Crippen LogP contribution in [-0.4, -0.2) is 22.1 Å². The molecule has 0 atom stereocenters. The number of benzene rings is 1. The van der Waals surface area contributed by atoms with Crippen LogP contribution in [-0.2, 0) is 9.53 Å². The van der Waals surface area contributed by atoms with Crippen molar-refractivity contribution in [3.63, 3.8) is 0 Å². The molecule has 128 valence electrons. The monoisotopic (exact) mass is 339 g/mol. The van der Waals surface area contributed by atoms with E-state index >= 15 is 0 Å². The average Bonchev–Trinajstić information content (AvgIpc) is 2.86. The lowest BCUT2D eigenvalue weighted by Gasteiger charge is -2.09. The van der Waals surface area contributed by atoms with Gasteiger partial charge >= 0.3 is 5.97 Å². The van der Waals surface area contributed by atoms with Crippen LogP contribution in [0.2, 0.25) is 0 Å². The first-order chi connectivity index (χ1) is 11.9. The third-order valence-corrected chi connectivity index (χ3v) is 3.68. The lowest BCUT2D eigenvalue weighted by Crippen LogP contribution is -2.06. The zero-order chi connectivity index (χ0) is 18.6. The van der Waals surface area contributed by atoms with Crippen LogP contribution in [0.3, 0.4) is 0 Å². The number of aryl methyl sites for hydroxylation is 1. The maximum absolute atomic E-state index is 11.8. The number of ether oxygens (including phenoxy) is 1. The minimum Gasteiger partial charge on any atom is -0.462 e. The second kappa shape index (κ2) is 7.45. The third kappa shape index (κ3) is 3.75. The van der Waals surface area contributed by atoms with Gasteiger partial charge < -0.3 is 9.30 Å². The maximum atomic E-state index is 11.8. The first kappa shape index (κ1) is 17.9. The minimum atomic E-state index is -0.676. The molecule has 7 heteroatoms. The van der Waals surface area contributed by atoms with E-state index in [2.05, 4.69) is 0 Å². The Labute approximate surface area is 144 Å². The molecule has 2 rings (SSSR count). The van der Waals surface area contributed by atoms with Gasteiger partial charge in [-0.3, -0.25) is 10.1 Å². The number of esters is 1. The topological polar surface area (TPSA) is 98.2 Å². The van der Waals surface area contributed by atoms with Gasteiger partial charge in [0.25, 0.3) is 5.69 Å². The van der Waals surface area contributed by atoms with E-state index < -0.39 is 10.9 Å². The van der Waals surface area contributed by atoms with Crippen LogP contribution in [0, 0.1) is 35.3 Å². The van der Waals surface area contributed by atoms with E-state index in [9.17, 15) is 14.9 Å². The van der Waals surface area contributed by atoms with Crippen LogP contribution in [0.4, 0.5) is 5.69 Å². The van der Waals surface area contributed by atoms with Gasteiger partial charge in [0.1, 0.15) is 11.6 Å². The Balaban J connectivity index is 2.52. The Morgan fingerprint density at radius 2 is 2.12 bits per heavy atom. The molecule has 25 heavy (non-hydrogen) atoms. The summed E-state index contributed by atoms with van der Waals surface area (Å²) in [6.07, 6.45) is 1.47. The molecule has 7 nitrogen and oxygen atoms in total. The molecule has 2 aromatic rings. The summed E-state index contributed by atoms with van der Waals surface area (Å²) in [7, 11) is 0. The normalized spacial score (nSPS) is 11.0. The van der Waals surface area contributed by atoms with Gasteiger partial charge in [-0.15, -0.1) is 0 Å². The Kier molecular flexibility index (Phi) is 5.35. The summed E-state index contributed by atoms with van der Waals surface area (Å²) in [5.74, 6) is -0.676. The molecule has 0 bridgehead atoms. The summed E-state index contributed by atoms with van der Waals surface area (Å²) < 4.78 is 6.69. The van der Waals surface area contributed by atoms with Crippen molar-refractivity contribution in [3.8, 4) is 11.8 Å². The number of nitro groups is 1. The van der Waals surface area contributed by atoms with Gasteiger partial charge in [0.05, 0.1) is 17.2 Å². The lowest BCUT2D eigenvalue weighted by atomic mass is 10.1. The Morgan fingerprint density at radius 3 is 2.72 bits per heavy atom. The van der Waals surface area contributed by atoms with Gasteiger partial charge in [0.15, 0.2) is 0 Å². The summed E-state index contributed by atoms with van der Waals surface area (Å²) in [6.45, 7) is 5.52. The maximum Gasteiger partial charge on any atom is 0.348 e. The van der Waals surface area contributed by atoms with Crippen molar-refractivity contribution in [1.29, 1.82) is 5.26 Å². The average molecular weight is 339 g/mol. The number of hydrogen-bond donors (Lipinski definition) is 0. The van der Waals surface area contributed by atoms with Gasteiger partial charge in [-0.05, 0) is 44.5 Å². The molecule has 0 saturated heterocycles. The summed E-state index contributed by atoms with van der Waals surface area (Å²) in [5.41, 5.74) is 2.79. The Hall–Kier alpha value is -3.40. The summed E-state index contributed by atoms with van der Waals surface area (Å²) in [6, 6.07) is 9.93. The molecule has 0 unspecified atom stereocenters. The molecule has 1 aromatic heterocycles. The van der Waals surface area contributed by atoms with Gasteiger partial charge in [-0.25, -0.2) is 4.79 Å². The fourth-order valence-electron chi connectivity index (χ4n) is 2.58. The van der Waals surface area contributed by atoms with Crippen molar-refractivity contribution >= 4 is 17.7 Å². The summed E-state index contributed by atoms with van der Waals surface area (Å²) >= 11 is 0. The zero-order valence-corrected chi connectivity index (χ0v) is 14.1. The number of non-ortho nitro benzene ring substituents is 1. The van der Waals surface area contributed by atoms with Crippen LogP contribution < -0.4 is 0 Å². The molecular weight excluding hydrogens is 322 g/mol. The second-order valence-corrected chi connectivity index (χ2v) is 5.33. The Bertz CT molecular complexity index is 904. The highest BCUT2D eigenvalue weighted by Gasteiger charge is 2.15. The highest BCUT2D eigenvalue weighted by atomic mass is 16.6. The van der Waals surface area contributed by atoms with Crippen molar-refractivity contribution in [1.82, 2.24) is 4.57 Å². The fourth-order valence-corrected chi connectivity index (χ4v) is 2.58. The second-order valence-electron chi connectivity index (χ2n) is 5.33. The number of hydrogen-bond acceptors (Lipinski definition) is 5. The van der Waals surface area contributed by atoms with Crippen molar-refractivity contribution in [3.05, 3.63) is 63.0 Å². The number of carbonyl (C=O) groups is 1. The minimum absolute atomic E-state index is 0.00803. The predicted octanol–water partition coefficient (Wildman–Crippen LogP) is 3.47. The zero-order valence-electron chi connectivity index (χ0n) is 14.1. The molecular formula is C18H17N3O4. The van der Waals surface area contributed by atoms with Gasteiger partial charge in [0, 0.05) is 23.5 Å². The molecule has 0 aliphatic rings. The Morgan fingerprint density at radius 1 is 1.40 bits per heavy atom. The molecule has 0 amide bonds. The van der Waals surface area contributed by atoms with Crippen LogP contribution >= 0.6 is 0 Å².